The van der Waals surface area contributed by atoms with E-state index in [1.54, 1.807) is 0 Å². The number of aromatic amines is 1. The molecule has 24 heavy (non-hydrogen) atoms. The maximum atomic E-state index is 12.0. The van der Waals surface area contributed by atoms with Crippen LogP contribution in [0.3, 0.4) is 0 Å². The molecule has 10 nitrogen and oxygen atoms in total. The Hall–Kier alpha value is -3.53. The summed E-state index contributed by atoms with van der Waals surface area (Å²) in [4.78, 5) is 23.9. The van der Waals surface area contributed by atoms with E-state index in [4.69, 9.17) is 16.3 Å². The van der Waals surface area contributed by atoms with E-state index in [-0.39, 0.29) is 17.2 Å². The number of anilines is 2. The smallest absolute Gasteiger partial charge is 0.332 e. The Morgan fingerprint density at radius 3 is 2.50 bits per heavy atom. The number of hydrogen-bond acceptors (Lipinski definition) is 7. The van der Waals surface area contributed by atoms with Crippen molar-refractivity contribution in [2.24, 2.45) is 14.1 Å². The summed E-state index contributed by atoms with van der Waals surface area (Å²) in [5, 5.41) is 27.6. The van der Waals surface area contributed by atoms with Crippen LogP contribution in [0.15, 0.2) is 9.59 Å². The fourth-order valence-corrected chi connectivity index (χ4v) is 2.32. The number of nitrogens with one attached hydrogen (secondary N) is 2. The third kappa shape index (κ3) is 2.85. The highest BCUT2D eigenvalue weighted by atomic mass is 16.2. The minimum absolute atomic E-state index is 0.122. The van der Waals surface area contributed by atoms with Crippen molar-refractivity contribution >= 4 is 11.6 Å². The predicted molar refractivity (Wildman–Crippen MR) is 86.2 cm³/mol. The monoisotopic (exact) mass is 328 g/mol. The highest BCUT2D eigenvalue weighted by molar-refractivity contribution is 5.52. The first-order valence-corrected chi connectivity index (χ1v) is 7.09. The van der Waals surface area contributed by atoms with Crippen LogP contribution in [0, 0.1) is 22.7 Å². The van der Waals surface area contributed by atoms with Gasteiger partial charge in [-0.15, -0.1) is 0 Å². The summed E-state index contributed by atoms with van der Waals surface area (Å²) in [6.07, 6.45) is 1.07. The van der Waals surface area contributed by atoms with Crippen molar-refractivity contribution in [2.45, 2.75) is 12.8 Å². The molecule has 0 aliphatic carbocycles. The number of rotatable bonds is 5. The first-order valence-electron chi connectivity index (χ1n) is 7.09. The van der Waals surface area contributed by atoms with Crippen molar-refractivity contribution in [2.75, 3.05) is 17.6 Å². The largest absolute Gasteiger partial charge is 0.381 e. The Kier molecular flexibility index (Phi) is 4.70. The van der Waals surface area contributed by atoms with Crippen LogP contribution in [0.5, 0.6) is 0 Å². The number of nitrogens with zero attached hydrogens (tertiary/aromatic N) is 5. The van der Waals surface area contributed by atoms with Crippen molar-refractivity contribution in [3.05, 3.63) is 37.7 Å². The molecule has 0 saturated heterocycles. The van der Waals surface area contributed by atoms with Crippen LogP contribution in [0.4, 0.5) is 11.6 Å². The lowest BCUT2D eigenvalue weighted by Gasteiger charge is -2.13. The van der Waals surface area contributed by atoms with Gasteiger partial charge in [-0.25, -0.2) is 4.79 Å². The SMILES string of the molecule is Cn1c(NCCCc2[nH]nc(N)c2C#N)c(C#N)c(=O)n(C)c1=O. The summed E-state index contributed by atoms with van der Waals surface area (Å²) < 4.78 is 2.10. The van der Waals surface area contributed by atoms with Crippen LogP contribution in [-0.2, 0) is 20.5 Å². The number of hydrogen-bond donors (Lipinski definition) is 3. The first-order chi connectivity index (χ1) is 11.4. The molecule has 2 rings (SSSR count). The molecule has 0 spiro atoms. The zero-order valence-corrected chi connectivity index (χ0v) is 13.3. The Morgan fingerprint density at radius 1 is 1.21 bits per heavy atom. The zero-order chi connectivity index (χ0) is 17.9. The number of H-pyrrole nitrogens is 1. The van der Waals surface area contributed by atoms with E-state index in [2.05, 4.69) is 15.5 Å². The number of nitrogens with two attached hydrogens (primary N) is 1. The number of aromatic nitrogens is 4. The van der Waals surface area contributed by atoms with E-state index in [0.29, 0.717) is 30.6 Å². The fourth-order valence-electron chi connectivity index (χ4n) is 2.32. The van der Waals surface area contributed by atoms with Gasteiger partial charge >= 0.3 is 5.69 Å². The molecule has 0 saturated carbocycles. The standard InChI is InChI=1S/C14H16N8O2/c1-21-12(9(7-16)13(23)22(2)14(21)24)18-5-3-4-10-8(6-15)11(17)20-19-10/h18H,3-5H2,1-2H3,(H3,17,19,20). The molecule has 4 N–H and O–H groups in total. The van der Waals surface area contributed by atoms with E-state index < -0.39 is 11.2 Å². The minimum Gasteiger partial charge on any atom is -0.381 e. The Labute approximate surface area is 136 Å². The van der Waals surface area contributed by atoms with Crippen LogP contribution in [0.1, 0.15) is 23.2 Å². The van der Waals surface area contributed by atoms with Gasteiger partial charge in [0, 0.05) is 20.6 Å². The van der Waals surface area contributed by atoms with Crippen LogP contribution in [-0.4, -0.2) is 25.9 Å². The first kappa shape index (κ1) is 16.8. The van der Waals surface area contributed by atoms with Gasteiger partial charge in [-0.2, -0.15) is 15.6 Å². The van der Waals surface area contributed by atoms with Crippen molar-refractivity contribution in [3.63, 3.8) is 0 Å². The second-order valence-corrected chi connectivity index (χ2v) is 5.15. The van der Waals surface area contributed by atoms with Crippen LogP contribution in [0.25, 0.3) is 0 Å². The molecule has 0 aliphatic heterocycles. The summed E-state index contributed by atoms with van der Waals surface area (Å²) in [7, 11) is 2.80. The van der Waals surface area contributed by atoms with E-state index >= 15 is 0 Å². The maximum absolute atomic E-state index is 12.0. The fraction of sp³-hybridized carbons (Fsp3) is 0.357. The predicted octanol–water partition coefficient (Wildman–Crippen LogP) is -0.823. The van der Waals surface area contributed by atoms with Gasteiger partial charge in [-0.3, -0.25) is 19.0 Å². The van der Waals surface area contributed by atoms with Crippen LogP contribution >= 0.6 is 0 Å². The van der Waals surface area contributed by atoms with Crippen molar-refractivity contribution in [3.8, 4) is 12.1 Å². The summed E-state index contributed by atoms with van der Waals surface area (Å²) >= 11 is 0. The van der Waals surface area contributed by atoms with Gasteiger partial charge in [0.2, 0.25) is 0 Å². The van der Waals surface area contributed by atoms with Crippen molar-refractivity contribution in [1.82, 2.24) is 19.3 Å². The summed E-state index contributed by atoms with van der Waals surface area (Å²) in [6.45, 7) is 0.388. The highest BCUT2D eigenvalue weighted by Crippen LogP contribution is 2.13. The van der Waals surface area contributed by atoms with Crippen molar-refractivity contribution < 1.29 is 0 Å². The third-order valence-electron chi connectivity index (χ3n) is 3.65. The van der Waals surface area contributed by atoms with Crippen molar-refractivity contribution in [1.29, 1.82) is 10.5 Å². The molecule has 124 valence electrons. The molecule has 0 amide bonds. The van der Waals surface area contributed by atoms with E-state index in [9.17, 15) is 9.59 Å². The molecular formula is C14H16N8O2. The van der Waals surface area contributed by atoms with E-state index in [0.717, 1.165) is 4.57 Å². The molecule has 0 atom stereocenters. The molecule has 0 bridgehead atoms. The zero-order valence-electron chi connectivity index (χ0n) is 13.3. The molecule has 2 aromatic heterocycles. The quantitative estimate of drug-likeness (QED) is 0.604. The highest BCUT2D eigenvalue weighted by Gasteiger charge is 2.15. The molecule has 0 unspecified atom stereocenters. The lowest BCUT2D eigenvalue weighted by Crippen LogP contribution is -2.40. The van der Waals surface area contributed by atoms with Gasteiger partial charge in [0.25, 0.3) is 5.56 Å². The van der Waals surface area contributed by atoms with E-state index in [1.807, 2.05) is 12.1 Å². The van der Waals surface area contributed by atoms with Gasteiger partial charge in [-0.05, 0) is 12.8 Å². The number of nitrogen functional groups attached to an aromatic ring is 1. The average Bonchev–Trinajstić information content (AvgIpc) is 2.93. The summed E-state index contributed by atoms with van der Waals surface area (Å²) in [6, 6.07) is 3.80. The molecule has 0 aliphatic rings. The van der Waals surface area contributed by atoms with Gasteiger partial charge in [0.1, 0.15) is 23.5 Å². The Balaban J connectivity index is 2.14. The average molecular weight is 328 g/mol. The van der Waals surface area contributed by atoms with Crippen LogP contribution in [0.2, 0.25) is 0 Å². The van der Waals surface area contributed by atoms with Gasteiger partial charge in [0.05, 0.1) is 5.69 Å². The minimum atomic E-state index is -0.642. The number of nitriles is 2. The molecule has 0 fully saturated rings. The lowest BCUT2D eigenvalue weighted by atomic mass is 10.1. The Bertz CT molecular complexity index is 967. The molecular weight excluding hydrogens is 312 g/mol. The lowest BCUT2D eigenvalue weighted by molar-refractivity contribution is 0.682. The third-order valence-corrected chi connectivity index (χ3v) is 3.65. The summed E-state index contributed by atoms with van der Waals surface area (Å²) in [5.41, 5.74) is 5.21. The Morgan fingerprint density at radius 2 is 1.88 bits per heavy atom. The molecule has 0 radical (unpaired) electrons. The second kappa shape index (κ2) is 6.71. The normalized spacial score (nSPS) is 10.2. The molecule has 2 heterocycles. The maximum Gasteiger partial charge on any atom is 0.332 e. The topological polar surface area (TPSA) is 158 Å². The molecule has 10 heteroatoms. The number of aryl methyl sites for hydroxylation is 1. The van der Waals surface area contributed by atoms with Gasteiger partial charge < -0.3 is 11.1 Å². The molecule has 2 aromatic rings. The van der Waals surface area contributed by atoms with Gasteiger partial charge in [-0.1, -0.05) is 0 Å². The summed E-state index contributed by atoms with van der Waals surface area (Å²) in [5.74, 6) is 0.330. The van der Waals surface area contributed by atoms with E-state index in [1.165, 1.54) is 18.7 Å². The van der Waals surface area contributed by atoms with Gasteiger partial charge in [0.15, 0.2) is 11.4 Å². The van der Waals surface area contributed by atoms with Crippen LogP contribution < -0.4 is 22.3 Å². The molecule has 0 aromatic carbocycles. The second-order valence-electron chi connectivity index (χ2n) is 5.15.